The van der Waals surface area contributed by atoms with Crippen LogP contribution in [0, 0.1) is 0 Å². The lowest BCUT2D eigenvalue weighted by Crippen LogP contribution is -2.03. The van der Waals surface area contributed by atoms with Crippen molar-refractivity contribution in [2.75, 3.05) is 11.0 Å². The Morgan fingerprint density at radius 3 is 2.12 bits per heavy atom. The van der Waals surface area contributed by atoms with Crippen LogP contribution in [0.1, 0.15) is 22.5 Å². The van der Waals surface area contributed by atoms with Crippen molar-refractivity contribution in [1.29, 1.82) is 0 Å². The van der Waals surface area contributed by atoms with Gasteiger partial charge in [0, 0.05) is 35.3 Å². The number of hydrogen-bond acceptors (Lipinski definition) is 3. The number of imidazole rings is 1. The molecule has 1 aromatic heterocycles. The van der Waals surface area contributed by atoms with E-state index in [1.54, 1.807) is 12.1 Å². The first-order chi connectivity index (χ1) is 19.7. The summed E-state index contributed by atoms with van der Waals surface area (Å²) in [6.07, 6.45) is 3.48. The van der Waals surface area contributed by atoms with Crippen LogP contribution in [-0.2, 0) is 12.7 Å². The predicted molar refractivity (Wildman–Crippen MR) is 166 cm³/mol. The van der Waals surface area contributed by atoms with Gasteiger partial charge in [0.05, 0.1) is 16.3 Å². The highest BCUT2D eigenvalue weighted by Crippen LogP contribution is 2.32. The molecule has 0 unspecified atom stereocenters. The van der Waals surface area contributed by atoms with Crippen LogP contribution in [0.2, 0.25) is 10.0 Å². The summed E-state index contributed by atoms with van der Waals surface area (Å²) in [4.78, 5) is 4.86. The van der Waals surface area contributed by atoms with Gasteiger partial charge in [0.1, 0.15) is 5.82 Å². The number of nitrogens with zero attached hydrogens (tertiary/aromatic N) is 2. The topological polar surface area (TPSA) is 29.9 Å². The maximum Gasteiger partial charge on any atom is 0.416 e. The van der Waals surface area contributed by atoms with Gasteiger partial charge in [-0.1, -0.05) is 89.8 Å². The Bertz CT molecular complexity index is 1660. The summed E-state index contributed by atoms with van der Waals surface area (Å²) in [6.45, 7) is 0.601. The molecule has 5 aromatic rings. The van der Waals surface area contributed by atoms with Gasteiger partial charge in [-0.15, -0.1) is 0 Å². The maximum atomic E-state index is 12.9. The average Bonchev–Trinajstić information content (AvgIpc) is 3.35. The second-order valence-electron chi connectivity index (χ2n) is 9.27. The molecular formula is C32H24Cl2F3N3S. The van der Waals surface area contributed by atoms with Crippen molar-refractivity contribution in [3.8, 4) is 22.4 Å². The van der Waals surface area contributed by atoms with Crippen molar-refractivity contribution in [1.82, 2.24) is 9.55 Å². The number of nitrogens with one attached hydrogen (secondary N) is 1. The summed E-state index contributed by atoms with van der Waals surface area (Å²) in [5.41, 5.74) is 5.45. The molecule has 0 aliphatic heterocycles. The summed E-state index contributed by atoms with van der Waals surface area (Å²) >= 11 is 14.1. The standard InChI is InChI=1S/C32H24Cl2F3N3S/c1-41-39-27-14-4-22(5-15-27)19-40-20-30(28-16-13-26(33)18-29(28)34)38-31(40)17-6-21-2-7-23(8-3-21)24-9-11-25(12-10-24)32(35,36)37/h2-18,20,39H,19H2,1H3/b17-6+. The van der Waals surface area contributed by atoms with E-state index < -0.39 is 11.7 Å². The molecule has 0 saturated carbocycles. The third-order valence-electron chi connectivity index (χ3n) is 6.42. The molecule has 0 radical (unpaired) electrons. The Kier molecular flexibility index (Phi) is 8.78. The minimum atomic E-state index is -4.35. The number of hydrogen-bond donors (Lipinski definition) is 1. The Hall–Kier alpha value is -3.65. The molecule has 0 fully saturated rings. The average molecular weight is 611 g/mol. The maximum absolute atomic E-state index is 12.9. The van der Waals surface area contributed by atoms with Gasteiger partial charge in [0.25, 0.3) is 0 Å². The van der Waals surface area contributed by atoms with Crippen LogP contribution in [-0.4, -0.2) is 15.8 Å². The molecule has 3 nitrogen and oxygen atoms in total. The second kappa shape index (κ2) is 12.5. The summed E-state index contributed by atoms with van der Waals surface area (Å²) in [5, 5.41) is 1.07. The third kappa shape index (κ3) is 7.17. The molecule has 208 valence electrons. The van der Waals surface area contributed by atoms with E-state index in [1.807, 2.05) is 67.1 Å². The molecule has 0 aliphatic carbocycles. The first-order valence-corrected chi connectivity index (χ1v) is 14.5. The van der Waals surface area contributed by atoms with Gasteiger partial charge < -0.3 is 9.29 Å². The molecule has 4 aromatic carbocycles. The van der Waals surface area contributed by atoms with Crippen molar-refractivity contribution in [3.05, 3.63) is 130 Å². The summed E-state index contributed by atoms with van der Waals surface area (Å²) < 4.78 is 44.0. The normalized spacial score (nSPS) is 11.8. The zero-order valence-corrected chi connectivity index (χ0v) is 24.1. The minimum absolute atomic E-state index is 0.518. The van der Waals surface area contributed by atoms with Crippen LogP contribution in [0.5, 0.6) is 0 Å². The predicted octanol–water partition coefficient (Wildman–Crippen LogP) is 10.5. The van der Waals surface area contributed by atoms with Crippen LogP contribution in [0.4, 0.5) is 18.9 Å². The molecule has 0 bridgehead atoms. The Morgan fingerprint density at radius 2 is 1.51 bits per heavy atom. The molecule has 1 heterocycles. The van der Waals surface area contributed by atoms with Crippen molar-refractivity contribution >= 4 is 53.0 Å². The lowest BCUT2D eigenvalue weighted by atomic mass is 10.0. The van der Waals surface area contributed by atoms with Crippen LogP contribution in [0.15, 0.2) is 97.2 Å². The molecule has 41 heavy (non-hydrogen) atoms. The van der Waals surface area contributed by atoms with E-state index in [4.69, 9.17) is 28.2 Å². The highest BCUT2D eigenvalue weighted by atomic mass is 35.5. The molecule has 0 saturated heterocycles. The van der Waals surface area contributed by atoms with Crippen molar-refractivity contribution in [2.24, 2.45) is 0 Å². The number of rotatable bonds is 8. The fraction of sp³-hybridized carbons (Fsp3) is 0.0938. The van der Waals surface area contributed by atoms with Crippen molar-refractivity contribution < 1.29 is 13.2 Å². The van der Waals surface area contributed by atoms with Gasteiger partial charge in [-0.2, -0.15) is 13.2 Å². The van der Waals surface area contributed by atoms with E-state index in [0.29, 0.717) is 22.2 Å². The van der Waals surface area contributed by atoms with E-state index in [2.05, 4.69) is 21.4 Å². The molecular weight excluding hydrogens is 586 g/mol. The summed E-state index contributed by atoms with van der Waals surface area (Å²) in [7, 11) is 0. The SMILES string of the molecule is CSNc1ccc(Cn2cc(-c3ccc(Cl)cc3Cl)nc2/C=C/c2ccc(-c3ccc(C(F)(F)F)cc3)cc2)cc1. The third-order valence-corrected chi connectivity index (χ3v) is 7.41. The van der Waals surface area contributed by atoms with Gasteiger partial charge >= 0.3 is 6.18 Å². The van der Waals surface area contributed by atoms with Crippen LogP contribution >= 0.6 is 35.1 Å². The number of aromatic nitrogens is 2. The Labute approximate surface area is 250 Å². The number of benzene rings is 4. The van der Waals surface area contributed by atoms with Crippen LogP contribution in [0.25, 0.3) is 34.5 Å². The fourth-order valence-corrected chi connectivity index (χ4v) is 5.20. The first-order valence-electron chi connectivity index (χ1n) is 12.6. The van der Waals surface area contributed by atoms with Crippen LogP contribution in [0.3, 0.4) is 0 Å². The van der Waals surface area contributed by atoms with E-state index in [1.165, 1.54) is 24.1 Å². The minimum Gasteiger partial charge on any atom is -0.330 e. The largest absolute Gasteiger partial charge is 0.416 e. The smallest absolute Gasteiger partial charge is 0.330 e. The van der Waals surface area contributed by atoms with Gasteiger partial charge in [-0.05, 0) is 70.8 Å². The molecule has 9 heteroatoms. The Morgan fingerprint density at radius 1 is 0.854 bits per heavy atom. The lowest BCUT2D eigenvalue weighted by molar-refractivity contribution is -0.137. The number of anilines is 1. The summed E-state index contributed by atoms with van der Waals surface area (Å²) in [5.74, 6) is 0.740. The molecule has 0 spiro atoms. The molecule has 0 amide bonds. The highest BCUT2D eigenvalue weighted by molar-refractivity contribution is 7.99. The fourth-order valence-electron chi connectivity index (χ4n) is 4.32. The second-order valence-corrected chi connectivity index (χ2v) is 10.7. The molecule has 1 N–H and O–H groups in total. The summed E-state index contributed by atoms with van der Waals surface area (Å²) in [6, 6.07) is 26.3. The molecule has 5 rings (SSSR count). The van der Waals surface area contributed by atoms with E-state index >= 15 is 0 Å². The number of alkyl halides is 3. The first kappa shape index (κ1) is 28.9. The van der Waals surface area contributed by atoms with Crippen molar-refractivity contribution in [3.63, 3.8) is 0 Å². The quantitative estimate of drug-likeness (QED) is 0.177. The lowest BCUT2D eigenvalue weighted by Gasteiger charge is -2.08. The van der Waals surface area contributed by atoms with Gasteiger partial charge in [0.15, 0.2) is 0 Å². The zero-order valence-electron chi connectivity index (χ0n) is 21.8. The van der Waals surface area contributed by atoms with Crippen LogP contribution < -0.4 is 4.72 Å². The zero-order chi connectivity index (χ0) is 29.0. The van der Waals surface area contributed by atoms with Gasteiger partial charge in [0.2, 0.25) is 0 Å². The van der Waals surface area contributed by atoms with E-state index in [9.17, 15) is 13.2 Å². The monoisotopic (exact) mass is 609 g/mol. The molecule has 0 atom stereocenters. The van der Waals surface area contributed by atoms with Gasteiger partial charge in [-0.3, -0.25) is 0 Å². The van der Waals surface area contributed by atoms with Gasteiger partial charge in [-0.25, -0.2) is 4.98 Å². The Balaban J connectivity index is 1.41. The molecule has 0 aliphatic rings. The highest BCUT2D eigenvalue weighted by Gasteiger charge is 2.29. The van der Waals surface area contributed by atoms with E-state index in [0.717, 1.165) is 51.6 Å². The van der Waals surface area contributed by atoms with E-state index in [-0.39, 0.29) is 0 Å². The van der Waals surface area contributed by atoms with Crippen molar-refractivity contribution in [2.45, 2.75) is 12.7 Å². The number of halogens is 5.